The molecule has 1 fully saturated rings. The Hall–Kier alpha value is -2.33. The maximum atomic E-state index is 12.6. The van der Waals surface area contributed by atoms with Gasteiger partial charge in [0, 0.05) is 6.54 Å². The first-order chi connectivity index (χ1) is 12.0. The highest BCUT2D eigenvalue weighted by atomic mass is 16.5. The molecule has 1 atom stereocenters. The molecule has 4 heteroatoms. The summed E-state index contributed by atoms with van der Waals surface area (Å²) in [6, 6.07) is 14.4. The zero-order valence-electron chi connectivity index (χ0n) is 15.5. The molecule has 2 aromatic carbocycles. The van der Waals surface area contributed by atoms with Crippen LogP contribution in [-0.2, 0) is 11.2 Å². The van der Waals surface area contributed by atoms with Crippen LogP contribution < -0.4 is 4.74 Å². The molecule has 25 heavy (non-hydrogen) atoms. The summed E-state index contributed by atoms with van der Waals surface area (Å²) in [6.45, 7) is 5.44. The molecule has 0 bridgehead atoms. The second-order valence-corrected chi connectivity index (χ2v) is 6.78. The summed E-state index contributed by atoms with van der Waals surface area (Å²) in [7, 11) is 3.70. The lowest BCUT2D eigenvalue weighted by Crippen LogP contribution is -2.33. The second kappa shape index (κ2) is 7.28. The molecule has 3 rings (SSSR count). The molecule has 0 radical (unpaired) electrons. The number of hydrogen-bond donors (Lipinski definition) is 0. The van der Waals surface area contributed by atoms with Crippen LogP contribution in [0.1, 0.15) is 28.4 Å². The van der Waals surface area contributed by atoms with Crippen LogP contribution in [0.5, 0.6) is 5.75 Å². The van der Waals surface area contributed by atoms with E-state index in [0.717, 1.165) is 12.2 Å². The van der Waals surface area contributed by atoms with E-state index < -0.39 is 0 Å². The van der Waals surface area contributed by atoms with Crippen molar-refractivity contribution in [2.24, 2.45) is 0 Å². The SMILES string of the molecule is COc1ccc(CCN2C(=O)CN(C)C2c2c(C)cccc2C)cc1. The first kappa shape index (κ1) is 17.5. The van der Waals surface area contributed by atoms with Gasteiger partial charge in [0.05, 0.1) is 13.7 Å². The van der Waals surface area contributed by atoms with Crippen LogP contribution in [0, 0.1) is 13.8 Å². The van der Waals surface area contributed by atoms with Gasteiger partial charge in [-0.1, -0.05) is 30.3 Å². The number of carbonyl (C=O) groups is 1. The number of nitrogens with zero attached hydrogens (tertiary/aromatic N) is 2. The molecule has 1 unspecified atom stereocenters. The monoisotopic (exact) mass is 338 g/mol. The first-order valence-corrected chi connectivity index (χ1v) is 8.70. The molecular formula is C21H26N2O2. The maximum Gasteiger partial charge on any atom is 0.238 e. The second-order valence-electron chi connectivity index (χ2n) is 6.78. The van der Waals surface area contributed by atoms with E-state index in [0.29, 0.717) is 13.1 Å². The number of aryl methyl sites for hydroxylation is 2. The van der Waals surface area contributed by atoms with E-state index in [9.17, 15) is 4.79 Å². The van der Waals surface area contributed by atoms with Crippen molar-refractivity contribution < 1.29 is 9.53 Å². The molecule has 1 heterocycles. The van der Waals surface area contributed by atoms with E-state index in [-0.39, 0.29) is 12.1 Å². The van der Waals surface area contributed by atoms with Gasteiger partial charge in [0.15, 0.2) is 0 Å². The Balaban J connectivity index is 1.81. The van der Waals surface area contributed by atoms with Crippen LogP contribution in [0.4, 0.5) is 0 Å². The lowest BCUT2D eigenvalue weighted by atomic mass is 9.99. The molecule has 4 nitrogen and oxygen atoms in total. The fourth-order valence-electron chi connectivity index (χ4n) is 3.66. The van der Waals surface area contributed by atoms with Crippen molar-refractivity contribution in [3.8, 4) is 5.75 Å². The number of hydrogen-bond acceptors (Lipinski definition) is 3. The number of benzene rings is 2. The van der Waals surface area contributed by atoms with Crippen molar-refractivity contribution in [3.63, 3.8) is 0 Å². The standard InChI is InChI=1S/C21H26N2O2/c1-15-6-5-7-16(2)20(15)21-22(3)14-19(24)23(21)13-12-17-8-10-18(25-4)11-9-17/h5-11,21H,12-14H2,1-4H3. The Morgan fingerprint density at radius 2 is 1.72 bits per heavy atom. The zero-order chi connectivity index (χ0) is 18.0. The van der Waals surface area contributed by atoms with E-state index in [1.807, 2.05) is 24.1 Å². The highest BCUT2D eigenvalue weighted by Gasteiger charge is 2.37. The number of ether oxygens (including phenoxy) is 1. The van der Waals surface area contributed by atoms with Crippen molar-refractivity contribution in [3.05, 3.63) is 64.7 Å². The third kappa shape index (κ3) is 3.54. The smallest absolute Gasteiger partial charge is 0.238 e. The van der Waals surface area contributed by atoms with Gasteiger partial charge < -0.3 is 9.64 Å². The fraction of sp³-hybridized carbons (Fsp3) is 0.381. The molecule has 2 aromatic rings. The summed E-state index contributed by atoms with van der Waals surface area (Å²) in [5, 5.41) is 0. The van der Waals surface area contributed by atoms with E-state index >= 15 is 0 Å². The number of amides is 1. The largest absolute Gasteiger partial charge is 0.497 e. The van der Waals surface area contributed by atoms with E-state index in [1.54, 1.807) is 7.11 Å². The molecule has 1 aliphatic rings. The van der Waals surface area contributed by atoms with Gasteiger partial charge in [0.25, 0.3) is 0 Å². The van der Waals surface area contributed by atoms with Crippen molar-refractivity contribution in [1.29, 1.82) is 0 Å². The Morgan fingerprint density at radius 1 is 1.08 bits per heavy atom. The van der Waals surface area contributed by atoms with Crippen molar-refractivity contribution in [2.45, 2.75) is 26.4 Å². The van der Waals surface area contributed by atoms with Crippen molar-refractivity contribution >= 4 is 5.91 Å². The molecule has 0 aromatic heterocycles. The van der Waals surface area contributed by atoms with Crippen LogP contribution in [-0.4, -0.2) is 43.0 Å². The summed E-state index contributed by atoms with van der Waals surface area (Å²) < 4.78 is 5.21. The molecular weight excluding hydrogens is 312 g/mol. The van der Waals surface area contributed by atoms with Gasteiger partial charge in [0.1, 0.15) is 11.9 Å². The minimum atomic E-state index is 0.0203. The normalized spacial score (nSPS) is 18.0. The molecule has 0 N–H and O–H groups in total. The van der Waals surface area contributed by atoms with Gasteiger partial charge >= 0.3 is 0 Å². The third-order valence-corrected chi connectivity index (χ3v) is 5.02. The summed E-state index contributed by atoms with van der Waals surface area (Å²) in [5.41, 5.74) is 4.94. The fourth-order valence-corrected chi connectivity index (χ4v) is 3.66. The van der Waals surface area contributed by atoms with Crippen LogP contribution in [0.15, 0.2) is 42.5 Å². The topological polar surface area (TPSA) is 32.8 Å². The molecule has 132 valence electrons. The number of carbonyl (C=O) groups excluding carboxylic acids is 1. The van der Waals surface area contributed by atoms with Crippen LogP contribution in [0.25, 0.3) is 0 Å². The lowest BCUT2D eigenvalue weighted by Gasteiger charge is -2.31. The Morgan fingerprint density at radius 3 is 2.32 bits per heavy atom. The van der Waals surface area contributed by atoms with Gasteiger partial charge in [-0.05, 0) is 61.7 Å². The molecule has 1 amide bonds. The van der Waals surface area contributed by atoms with Crippen LogP contribution >= 0.6 is 0 Å². The maximum absolute atomic E-state index is 12.6. The van der Waals surface area contributed by atoms with E-state index in [4.69, 9.17) is 4.74 Å². The van der Waals surface area contributed by atoms with Crippen LogP contribution in [0.2, 0.25) is 0 Å². The average molecular weight is 338 g/mol. The Kier molecular flexibility index (Phi) is 5.09. The van der Waals surface area contributed by atoms with Gasteiger partial charge in [-0.15, -0.1) is 0 Å². The van der Waals surface area contributed by atoms with Crippen molar-refractivity contribution in [2.75, 3.05) is 27.2 Å². The summed E-state index contributed by atoms with van der Waals surface area (Å²) >= 11 is 0. The minimum Gasteiger partial charge on any atom is -0.497 e. The highest BCUT2D eigenvalue weighted by molar-refractivity contribution is 5.81. The Bertz CT molecular complexity index is 735. The van der Waals surface area contributed by atoms with Gasteiger partial charge in [-0.25, -0.2) is 0 Å². The zero-order valence-corrected chi connectivity index (χ0v) is 15.5. The predicted molar refractivity (Wildman–Crippen MR) is 99.7 cm³/mol. The Labute approximate surface area is 150 Å². The van der Waals surface area contributed by atoms with Crippen LogP contribution in [0.3, 0.4) is 0 Å². The first-order valence-electron chi connectivity index (χ1n) is 8.70. The summed E-state index contributed by atoms with van der Waals surface area (Å²) in [4.78, 5) is 16.7. The number of likely N-dealkylation sites (N-methyl/N-ethyl adjacent to an activating group) is 1. The third-order valence-electron chi connectivity index (χ3n) is 5.02. The molecule has 0 aliphatic carbocycles. The molecule has 0 saturated carbocycles. The van der Waals surface area contributed by atoms with Gasteiger partial charge in [-0.3, -0.25) is 9.69 Å². The lowest BCUT2D eigenvalue weighted by molar-refractivity contribution is -0.128. The molecule has 1 saturated heterocycles. The summed E-state index contributed by atoms with van der Waals surface area (Å²) in [5.74, 6) is 1.05. The van der Waals surface area contributed by atoms with Crippen molar-refractivity contribution in [1.82, 2.24) is 9.80 Å². The van der Waals surface area contributed by atoms with E-state index in [1.165, 1.54) is 22.3 Å². The van der Waals surface area contributed by atoms with E-state index in [2.05, 4.69) is 49.1 Å². The predicted octanol–water partition coefficient (Wildman–Crippen LogP) is 3.33. The minimum absolute atomic E-state index is 0.0203. The number of rotatable bonds is 5. The molecule has 0 spiro atoms. The number of methoxy groups -OCH3 is 1. The van der Waals surface area contributed by atoms with Gasteiger partial charge in [0.2, 0.25) is 5.91 Å². The highest BCUT2D eigenvalue weighted by Crippen LogP contribution is 2.33. The quantitative estimate of drug-likeness (QED) is 0.838. The average Bonchev–Trinajstić information content (AvgIpc) is 2.87. The van der Waals surface area contributed by atoms with Gasteiger partial charge in [-0.2, -0.15) is 0 Å². The molecule has 1 aliphatic heterocycles. The summed E-state index contributed by atoms with van der Waals surface area (Å²) in [6.07, 6.45) is 0.859.